The van der Waals surface area contributed by atoms with Crippen LogP contribution in [0.1, 0.15) is 6.42 Å². The molecule has 0 fully saturated rings. The quantitative estimate of drug-likeness (QED) is 0.645. The van der Waals surface area contributed by atoms with E-state index in [-0.39, 0.29) is 0 Å². The van der Waals surface area contributed by atoms with Crippen LogP contribution >= 0.6 is 0 Å². The number of allylic oxidation sites excluding steroid dienone is 4. The summed E-state index contributed by atoms with van der Waals surface area (Å²) in [5, 5.41) is 0. The van der Waals surface area contributed by atoms with Gasteiger partial charge in [0, 0.05) is 24.4 Å². The Morgan fingerprint density at radius 1 is 1.43 bits per heavy atom. The average molecular weight is 187 g/mol. The van der Waals surface area contributed by atoms with E-state index in [1.165, 1.54) is 0 Å². The van der Waals surface area contributed by atoms with Gasteiger partial charge in [0.15, 0.2) is 0 Å². The van der Waals surface area contributed by atoms with E-state index in [0.29, 0.717) is 12.0 Å². The molecule has 1 aliphatic carbocycles. The van der Waals surface area contributed by atoms with Crippen molar-refractivity contribution < 1.29 is 4.79 Å². The van der Waals surface area contributed by atoms with E-state index < -0.39 is 5.91 Å². The molecule has 14 heavy (non-hydrogen) atoms. The first-order valence-corrected chi connectivity index (χ1v) is 4.24. The Hall–Kier alpha value is -1.97. The maximum Gasteiger partial charge on any atom is 0.245 e. The summed E-state index contributed by atoms with van der Waals surface area (Å²) in [6, 6.07) is 0. The number of amides is 1. The highest BCUT2D eigenvalue weighted by atomic mass is 16.1. The molecule has 4 heteroatoms. The molecule has 2 N–H and O–H groups in total. The normalized spacial score (nSPS) is 19.0. The number of rotatable bonds is 1. The van der Waals surface area contributed by atoms with Crippen LogP contribution in [0, 0.1) is 0 Å². The summed E-state index contributed by atoms with van der Waals surface area (Å²) in [4.78, 5) is 19.3. The first kappa shape index (κ1) is 8.62. The average Bonchev–Trinajstić information content (AvgIpc) is 2.41. The monoisotopic (exact) mass is 187 g/mol. The van der Waals surface area contributed by atoms with E-state index in [1.807, 2.05) is 0 Å². The number of nitrogens with zero attached hydrogens (tertiary/aromatic N) is 2. The summed E-state index contributed by atoms with van der Waals surface area (Å²) in [5.41, 5.74) is 7.32. The molecule has 0 spiro atoms. The van der Waals surface area contributed by atoms with Gasteiger partial charge < -0.3 is 5.73 Å². The van der Waals surface area contributed by atoms with E-state index in [9.17, 15) is 4.79 Å². The van der Waals surface area contributed by atoms with Gasteiger partial charge in [-0.1, -0.05) is 6.08 Å². The molecule has 0 aromatic rings. The summed E-state index contributed by atoms with van der Waals surface area (Å²) in [6.07, 6.45) is 8.99. The molecular weight excluding hydrogens is 178 g/mol. The lowest BCUT2D eigenvalue weighted by molar-refractivity contribution is -0.114. The number of primary amides is 1. The van der Waals surface area contributed by atoms with Crippen molar-refractivity contribution in [3.05, 3.63) is 35.7 Å². The summed E-state index contributed by atoms with van der Waals surface area (Å²) in [7, 11) is 0. The predicted octanol–water partition coefficient (Wildman–Crippen LogP) is 0.725. The molecule has 1 heterocycles. The van der Waals surface area contributed by atoms with Crippen molar-refractivity contribution in [1.29, 1.82) is 0 Å². The van der Waals surface area contributed by atoms with Gasteiger partial charge in [0.2, 0.25) is 5.91 Å². The maximum absolute atomic E-state index is 10.9. The van der Waals surface area contributed by atoms with Crippen molar-refractivity contribution in [3.63, 3.8) is 0 Å². The Kier molecular flexibility index (Phi) is 2.10. The van der Waals surface area contributed by atoms with Crippen LogP contribution in [0.5, 0.6) is 0 Å². The highest BCUT2D eigenvalue weighted by Gasteiger charge is 2.16. The summed E-state index contributed by atoms with van der Waals surface area (Å²) in [5.74, 6) is -0.403. The molecular formula is C10H9N3O. The van der Waals surface area contributed by atoms with Gasteiger partial charge in [-0.3, -0.25) is 14.8 Å². The van der Waals surface area contributed by atoms with Crippen molar-refractivity contribution in [2.75, 3.05) is 0 Å². The lowest BCUT2D eigenvalue weighted by Gasteiger charge is -2.10. The zero-order chi connectivity index (χ0) is 9.97. The highest BCUT2D eigenvalue weighted by molar-refractivity contribution is 6.10. The molecule has 70 valence electrons. The van der Waals surface area contributed by atoms with Crippen molar-refractivity contribution in [2.45, 2.75) is 6.42 Å². The van der Waals surface area contributed by atoms with E-state index in [4.69, 9.17) is 5.73 Å². The number of aliphatic imine (C=N–C) groups is 2. The minimum atomic E-state index is -0.403. The highest BCUT2D eigenvalue weighted by Crippen LogP contribution is 2.18. The first-order valence-electron chi connectivity index (χ1n) is 4.24. The topological polar surface area (TPSA) is 67.8 Å². The van der Waals surface area contributed by atoms with Crippen LogP contribution in [-0.4, -0.2) is 17.8 Å². The van der Waals surface area contributed by atoms with Gasteiger partial charge >= 0.3 is 0 Å². The standard InChI is InChI=1S/C10H9N3O/c11-10(14)7-2-3-8-9(6-7)13-5-1-4-12-8/h1-5H,6H2,(H2,11,14). The molecule has 0 radical (unpaired) electrons. The summed E-state index contributed by atoms with van der Waals surface area (Å²) >= 11 is 0. The third kappa shape index (κ3) is 1.54. The Balaban J connectivity index is 2.38. The molecule has 0 saturated heterocycles. The number of nitrogens with two attached hydrogens (primary N) is 1. The van der Waals surface area contributed by atoms with Crippen LogP contribution in [0.2, 0.25) is 0 Å². The minimum Gasteiger partial charge on any atom is -0.366 e. The van der Waals surface area contributed by atoms with Gasteiger partial charge in [-0.05, 0) is 12.2 Å². The summed E-state index contributed by atoms with van der Waals surface area (Å²) in [6.45, 7) is 0. The molecule has 0 atom stereocenters. The van der Waals surface area contributed by atoms with Crippen molar-refractivity contribution in [1.82, 2.24) is 0 Å². The van der Waals surface area contributed by atoms with Gasteiger partial charge in [-0.2, -0.15) is 0 Å². The Labute approximate surface area is 81.2 Å². The SMILES string of the molecule is NC(=O)C1=CC=C2N=CC=CN=C2C1. The van der Waals surface area contributed by atoms with Crippen molar-refractivity contribution >= 4 is 17.8 Å². The third-order valence-corrected chi connectivity index (χ3v) is 2.03. The van der Waals surface area contributed by atoms with Crippen LogP contribution in [0.3, 0.4) is 0 Å². The molecule has 0 bridgehead atoms. The van der Waals surface area contributed by atoms with E-state index in [1.54, 1.807) is 30.6 Å². The smallest absolute Gasteiger partial charge is 0.245 e. The van der Waals surface area contributed by atoms with Gasteiger partial charge in [0.1, 0.15) is 0 Å². The van der Waals surface area contributed by atoms with Crippen molar-refractivity contribution in [3.8, 4) is 0 Å². The largest absolute Gasteiger partial charge is 0.366 e. The first-order chi connectivity index (χ1) is 6.77. The molecule has 0 saturated carbocycles. The second kappa shape index (κ2) is 3.41. The van der Waals surface area contributed by atoms with Crippen LogP contribution in [0.25, 0.3) is 0 Å². The summed E-state index contributed by atoms with van der Waals surface area (Å²) < 4.78 is 0. The molecule has 1 amide bonds. The van der Waals surface area contributed by atoms with Gasteiger partial charge in [-0.25, -0.2) is 0 Å². The molecule has 0 unspecified atom stereocenters. The van der Waals surface area contributed by atoms with E-state index in [0.717, 1.165) is 11.4 Å². The molecule has 2 aliphatic rings. The number of hydrogen-bond acceptors (Lipinski definition) is 3. The Bertz CT molecular complexity index is 425. The van der Waals surface area contributed by atoms with Crippen LogP contribution in [0.4, 0.5) is 0 Å². The molecule has 0 aromatic carbocycles. The van der Waals surface area contributed by atoms with E-state index in [2.05, 4.69) is 9.98 Å². The lowest BCUT2D eigenvalue weighted by Crippen LogP contribution is -2.19. The second-order valence-electron chi connectivity index (χ2n) is 2.98. The minimum absolute atomic E-state index is 0.403. The molecule has 0 aromatic heterocycles. The van der Waals surface area contributed by atoms with Crippen LogP contribution < -0.4 is 5.73 Å². The molecule has 1 aliphatic heterocycles. The lowest BCUT2D eigenvalue weighted by atomic mass is 10.0. The zero-order valence-electron chi connectivity index (χ0n) is 7.47. The van der Waals surface area contributed by atoms with Crippen LogP contribution in [0.15, 0.2) is 45.7 Å². The van der Waals surface area contributed by atoms with Crippen LogP contribution in [-0.2, 0) is 4.79 Å². The predicted molar refractivity (Wildman–Crippen MR) is 55.0 cm³/mol. The van der Waals surface area contributed by atoms with E-state index >= 15 is 0 Å². The number of fused-ring (bicyclic) bond motifs is 1. The van der Waals surface area contributed by atoms with Gasteiger partial charge in [0.25, 0.3) is 0 Å². The molecule has 4 nitrogen and oxygen atoms in total. The fraction of sp³-hybridized carbons (Fsp3) is 0.100. The number of carbonyl (C=O) groups is 1. The number of carbonyl (C=O) groups excluding carboxylic acids is 1. The maximum atomic E-state index is 10.9. The van der Waals surface area contributed by atoms with Crippen molar-refractivity contribution in [2.24, 2.45) is 15.7 Å². The zero-order valence-corrected chi connectivity index (χ0v) is 7.47. The number of hydrogen-bond donors (Lipinski definition) is 1. The van der Waals surface area contributed by atoms with Gasteiger partial charge in [0.05, 0.1) is 11.4 Å². The third-order valence-electron chi connectivity index (χ3n) is 2.03. The second-order valence-corrected chi connectivity index (χ2v) is 2.98. The Morgan fingerprint density at radius 3 is 3.07 bits per heavy atom. The molecule has 2 rings (SSSR count). The van der Waals surface area contributed by atoms with Gasteiger partial charge in [-0.15, -0.1) is 0 Å². The fourth-order valence-corrected chi connectivity index (χ4v) is 1.30. The fourth-order valence-electron chi connectivity index (χ4n) is 1.30. The Morgan fingerprint density at radius 2 is 2.29 bits per heavy atom.